The summed E-state index contributed by atoms with van der Waals surface area (Å²) in [4.78, 5) is 17.0. The van der Waals surface area contributed by atoms with Crippen LogP contribution in [0.5, 0.6) is 0 Å². The molecule has 0 unspecified atom stereocenters. The Morgan fingerprint density at radius 3 is 2.61 bits per heavy atom. The molecule has 0 bridgehead atoms. The van der Waals surface area contributed by atoms with Crippen molar-refractivity contribution in [3.8, 4) is 11.5 Å². The number of nitrogens with one attached hydrogen (secondary N) is 2. The summed E-state index contributed by atoms with van der Waals surface area (Å²) in [6.45, 7) is 4.11. The summed E-state index contributed by atoms with van der Waals surface area (Å²) < 4.78 is 5.89. The van der Waals surface area contributed by atoms with Crippen LogP contribution in [0.1, 0.15) is 21.5 Å². The third kappa shape index (κ3) is 4.56. The van der Waals surface area contributed by atoms with Gasteiger partial charge in [-0.25, -0.2) is 4.98 Å². The Balaban J connectivity index is 1.51. The van der Waals surface area contributed by atoms with Crippen LogP contribution < -0.4 is 10.6 Å². The summed E-state index contributed by atoms with van der Waals surface area (Å²) in [5.41, 5.74) is 5.52. The quantitative estimate of drug-likeness (QED) is 0.333. The molecule has 0 saturated carbocycles. The van der Waals surface area contributed by atoms with Crippen molar-refractivity contribution in [3.63, 3.8) is 0 Å². The Morgan fingerprint density at radius 1 is 1.03 bits per heavy atom. The molecule has 4 aromatic rings. The minimum Gasteiger partial charge on any atom is -0.436 e. The van der Waals surface area contributed by atoms with E-state index in [0.717, 1.165) is 5.56 Å². The molecule has 0 fully saturated rings. The van der Waals surface area contributed by atoms with E-state index in [2.05, 4.69) is 29.5 Å². The third-order valence-electron chi connectivity index (χ3n) is 4.82. The number of carbonyl (C=O) groups is 1. The van der Waals surface area contributed by atoms with E-state index in [1.54, 1.807) is 36.4 Å². The zero-order valence-corrected chi connectivity index (χ0v) is 19.0. The second-order valence-electron chi connectivity index (χ2n) is 7.01. The van der Waals surface area contributed by atoms with E-state index < -0.39 is 5.91 Å². The molecule has 0 radical (unpaired) electrons. The van der Waals surface area contributed by atoms with Gasteiger partial charge >= 0.3 is 0 Å². The molecule has 1 amide bonds. The van der Waals surface area contributed by atoms with E-state index in [0.29, 0.717) is 27.7 Å². The molecule has 8 heteroatoms. The number of amides is 1. The van der Waals surface area contributed by atoms with Gasteiger partial charge < -0.3 is 9.73 Å². The number of rotatable bonds is 3. The normalized spacial score (nSPS) is 10.8. The minimum atomic E-state index is -0.454. The molecule has 0 spiro atoms. The van der Waals surface area contributed by atoms with Gasteiger partial charge in [0.15, 0.2) is 10.7 Å². The van der Waals surface area contributed by atoms with E-state index in [4.69, 9.17) is 39.8 Å². The molecule has 0 aliphatic carbocycles. The third-order valence-corrected chi connectivity index (χ3v) is 5.85. The number of anilines is 1. The number of aromatic nitrogens is 1. The maximum absolute atomic E-state index is 12.4. The fourth-order valence-electron chi connectivity index (χ4n) is 3.02. The lowest BCUT2D eigenvalue weighted by Crippen LogP contribution is -2.34. The lowest BCUT2D eigenvalue weighted by atomic mass is 10.1. The maximum Gasteiger partial charge on any atom is 0.258 e. The SMILES string of the molecule is Cc1ccc(-c2nc3cc(NC(=S)NC(=O)c4cccc(Cl)c4Cl)ccc3o2)cc1C. The van der Waals surface area contributed by atoms with Crippen molar-refractivity contribution in [2.24, 2.45) is 0 Å². The molecule has 3 aromatic carbocycles. The first kappa shape index (κ1) is 21.3. The van der Waals surface area contributed by atoms with Crippen molar-refractivity contribution in [1.29, 1.82) is 0 Å². The number of aryl methyl sites for hydroxylation is 2. The number of hydrogen-bond acceptors (Lipinski definition) is 4. The Labute approximate surface area is 194 Å². The number of oxazole rings is 1. The van der Waals surface area contributed by atoms with Crippen LogP contribution >= 0.6 is 35.4 Å². The van der Waals surface area contributed by atoms with Gasteiger partial charge in [0, 0.05) is 11.3 Å². The molecule has 0 atom stereocenters. The summed E-state index contributed by atoms with van der Waals surface area (Å²) in [5, 5.41) is 6.17. The van der Waals surface area contributed by atoms with Crippen LogP contribution in [0.2, 0.25) is 10.0 Å². The van der Waals surface area contributed by atoms with Crippen LogP contribution in [-0.4, -0.2) is 16.0 Å². The summed E-state index contributed by atoms with van der Waals surface area (Å²) in [5.74, 6) is 0.0891. The first-order chi connectivity index (χ1) is 14.8. The highest BCUT2D eigenvalue weighted by Crippen LogP contribution is 2.28. The number of nitrogens with zero attached hydrogens (tertiary/aromatic N) is 1. The second kappa shape index (κ2) is 8.67. The van der Waals surface area contributed by atoms with Gasteiger partial charge in [-0.05, 0) is 79.7 Å². The Bertz CT molecular complexity index is 1330. The molecule has 2 N–H and O–H groups in total. The van der Waals surface area contributed by atoms with Crippen molar-refractivity contribution in [3.05, 3.63) is 81.3 Å². The molecular formula is C23H17Cl2N3O2S. The number of halogens is 2. The van der Waals surface area contributed by atoms with Crippen LogP contribution in [0.3, 0.4) is 0 Å². The Kier molecular flexibility index (Phi) is 5.96. The highest BCUT2D eigenvalue weighted by Gasteiger charge is 2.15. The number of benzene rings is 3. The van der Waals surface area contributed by atoms with Crippen molar-refractivity contribution < 1.29 is 9.21 Å². The van der Waals surface area contributed by atoms with Gasteiger partial charge in [-0.2, -0.15) is 0 Å². The lowest BCUT2D eigenvalue weighted by Gasteiger charge is -2.10. The largest absolute Gasteiger partial charge is 0.436 e. The minimum absolute atomic E-state index is 0.123. The van der Waals surface area contributed by atoms with E-state index in [1.165, 1.54) is 11.1 Å². The lowest BCUT2D eigenvalue weighted by molar-refractivity contribution is 0.0978. The summed E-state index contributed by atoms with van der Waals surface area (Å²) >= 11 is 17.3. The molecule has 1 aromatic heterocycles. The monoisotopic (exact) mass is 469 g/mol. The van der Waals surface area contributed by atoms with Gasteiger partial charge in [0.1, 0.15) is 5.52 Å². The number of fused-ring (bicyclic) bond motifs is 1. The average Bonchev–Trinajstić information content (AvgIpc) is 3.15. The van der Waals surface area contributed by atoms with Crippen molar-refractivity contribution in [1.82, 2.24) is 10.3 Å². The average molecular weight is 470 g/mol. The predicted molar refractivity (Wildman–Crippen MR) is 129 cm³/mol. The number of hydrogen-bond donors (Lipinski definition) is 2. The molecule has 1 heterocycles. The standard InChI is InChI=1S/C23H17Cl2N3O2S/c1-12-6-7-14(10-13(12)2)22-27-18-11-15(8-9-19(18)30-22)26-23(31)28-21(29)16-4-3-5-17(24)20(16)25/h3-11H,1-2H3,(H2,26,28,29,31). The highest BCUT2D eigenvalue weighted by molar-refractivity contribution is 7.80. The fourth-order valence-corrected chi connectivity index (χ4v) is 3.61. The molecule has 0 aliphatic rings. The zero-order valence-electron chi connectivity index (χ0n) is 16.6. The van der Waals surface area contributed by atoms with Gasteiger partial charge in [0.25, 0.3) is 5.91 Å². The first-order valence-electron chi connectivity index (χ1n) is 9.36. The fraction of sp³-hybridized carbons (Fsp3) is 0.0870. The van der Waals surface area contributed by atoms with Crippen LogP contribution in [0.4, 0.5) is 5.69 Å². The predicted octanol–water partition coefficient (Wildman–Crippen LogP) is 6.55. The second-order valence-corrected chi connectivity index (χ2v) is 8.20. The zero-order chi connectivity index (χ0) is 22.1. The van der Waals surface area contributed by atoms with Gasteiger partial charge in [0.2, 0.25) is 5.89 Å². The van der Waals surface area contributed by atoms with E-state index in [1.807, 2.05) is 18.2 Å². The summed E-state index contributed by atoms with van der Waals surface area (Å²) in [6, 6.07) is 16.3. The maximum atomic E-state index is 12.4. The number of thiocarbonyl (C=S) groups is 1. The smallest absolute Gasteiger partial charge is 0.258 e. The van der Waals surface area contributed by atoms with Crippen LogP contribution in [-0.2, 0) is 0 Å². The number of carbonyl (C=O) groups excluding carboxylic acids is 1. The highest BCUT2D eigenvalue weighted by atomic mass is 35.5. The van der Waals surface area contributed by atoms with Gasteiger partial charge in [-0.3, -0.25) is 10.1 Å². The molecular weight excluding hydrogens is 453 g/mol. The van der Waals surface area contributed by atoms with E-state index >= 15 is 0 Å². The van der Waals surface area contributed by atoms with Crippen LogP contribution in [0.15, 0.2) is 59.0 Å². The van der Waals surface area contributed by atoms with Crippen molar-refractivity contribution in [2.75, 3.05) is 5.32 Å². The summed E-state index contributed by atoms with van der Waals surface area (Å²) in [6.07, 6.45) is 0. The van der Waals surface area contributed by atoms with Gasteiger partial charge in [0.05, 0.1) is 15.6 Å². The van der Waals surface area contributed by atoms with Crippen molar-refractivity contribution in [2.45, 2.75) is 13.8 Å². The molecule has 4 rings (SSSR count). The molecule has 0 aliphatic heterocycles. The molecule has 156 valence electrons. The van der Waals surface area contributed by atoms with Crippen LogP contribution in [0.25, 0.3) is 22.6 Å². The van der Waals surface area contributed by atoms with Crippen molar-refractivity contribution >= 4 is 63.2 Å². The van der Waals surface area contributed by atoms with E-state index in [-0.39, 0.29) is 15.7 Å². The molecule has 5 nitrogen and oxygen atoms in total. The Hall–Kier alpha value is -2.93. The van der Waals surface area contributed by atoms with E-state index in [9.17, 15) is 4.79 Å². The van der Waals surface area contributed by atoms with Crippen LogP contribution in [0, 0.1) is 13.8 Å². The first-order valence-corrected chi connectivity index (χ1v) is 10.5. The Morgan fingerprint density at radius 2 is 1.84 bits per heavy atom. The van der Waals surface area contributed by atoms with Gasteiger partial charge in [-0.15, -0.1) is 0 Å². The topological polar surface area (TPSA) is 67.2 Å². The van der Waals surface area contributed by atoms with Gasteiger partial charge in [-0.1, -0.05) is 35.3 Å². The molecule has 31 heavy (non-hydrogen) atoms. The summed E-state index contributed by atoms with van der Waals surface area (Å²) in [7, 11) is 0. The molecule has 0 saturated heterocycles.